The van der Waals surface area contributed by atoms with E-state index in [9.17, 15) is 13.2 Å². The molecule has 0 aliphatic carbocycles. The molecule has 1 amide bonds. The highest BCUT2D eigenvalue weighted by Gasteiger charge is 2.27. The number of ether oxygens (including phenoxy) is 1. The number of methoxy groups -OCH3 is 1. The van der Waals surface area contributed by atoms with Gasteiger partial charge in [-0.15, -0.1) is 0 Å². The summed E-state index contributed by atoms with van der Waals surface area (Å²) in [5, 5.41) is 4.59. The first-order chi connectivity index (χ1) is 16.3. The number of amides is 1. The molecule has 3 aromatic rings. The summed E-state index contributed by atoms with van der Waals surface area (Å²) in [6, 6.07) is 22.1. The number of nitrogens with zero attached hydrogens (tertiary/aromatic N) is 2. The van der Waals surface area contributed by atoms with Crippen LogP contribution in [0.1, 0.15) is 18.9 Å². The van der Waals surface area contributed by atoms with Gasteiger partial charge in [-0.3, -0.25) is 9.10 Å². The Balaban J connectivity index is 1.75. The molecule has 0 radical (unpaired) electrons. The van der Waals surface area contributed by atoms with Gasteiger partial charge in [-0.05, 0) is 73.9 Å². The van der Waals surface area contributed by atoms with Crippen LogP contribution < -0.4 is 14.5 Å². The Bertz CT molecular complexity index is 1230. The number of sulfonamides is 1. The quantitative estimate of drug-likeness (QED) is 0.324. The lowest BCUT2D eigenvalue weighted by atomic mass is 10.1. The van der Waals surface area contributed by atoms with E-state index in [0.29, 0.717) is 22.9 Å². The predicted octanol–water partition coefficient (Wildman–Crippen LogP) is 4.67. The van der Waals surface area contributed by atoms with Crippen molar-refractivity contribution >= 4 is 38.9 Å². The minimum atomic E-state index is -4.05. The zero-order chi connectivity index (χ0) is 24.6. The number of halogens is 1. The maximum atomic E-state index is 13.4. The van der Waals surface area contributed by atoms with Crippen LogP contribution in [0.4, 0.5) is 5.69 Å². The van der Waals surface area contributed by atoms with Crippen molar-refractivity contribution in [3.8, 4) is 5.75 Å². The summed E-state index contributed by atoms with van der Waals surface area (Å²) >= 11 is 5.97. The van der Waals surface area contributed by atoms with Crippen LogP contribution in [0.3, 0.4) is 0 Å². The number of anilines is 1. The summed E-state index contributed by atoms with van der Waals surface area (Å²) < 4.78 is 32.9. The maximum absolute atomic E-state index is 13.4. The molecule has 0 saturated carbocycles. The number of hydrogen-bond donors (Lipinski definition) is 1. The van der Waals surface area contributed by atoms with Crippen LogP contribution >= 0.6 is 11.6 Å². The van der Waals surface area contributed by atoms with E-state index in [0.717, 1.165) is 16.4 Å². The Morgan fingerprint density at radius 3 is 2.26 bits per heavy atom. The molecule has 7 nitrogen and oxygen atoms in total. The van der Waals surface area contributed by atoms with Gasteiger partial charge in [0.2, 0.25) is 0 Å². The first-order valence-corrected chi connectivity index (χ1v) is 12.4. The van der Waals surface area contributed by atoms with E-state index in [1.807, 2.05) is 37.3 Å². The van der Waals surface area contributed by atoms with E-state index in [1.165, 1.54) is 24.8 Å². The SMILES string of the molecule is COc1ccc(S(=O)(=O)N(CC(=O)N/N=C(/C)CCc2ccccc2)c2ccc(Cl)cc2)cc1. The molecule has 1 N–H and O–H groups in total. The van der Waals surface area contributed by atoms with Gasteiger partial charge in [-0.25, -0.2) is 13.8 Å². The van der Waals surface area contributed by atoms with E-state index in [4.69, 9.17) is 16.3 Å². The Labute approximate surface area is 205 Å². The maximum Gasteiger partial charge on any atom is 0.264 e. The molecule has 0 aromatic heterocycles. The average molecular weight is 500 g/mol. The molecule has 178 valence electrons. The van der Waals surface area contributed by atoms with E-state index >= 15 is 0 Å². The summed E-state index contributed by atoms with van der Waals surface area (Å²) in [6.07, 6.45) is 1.45. The van der Waals surface area contributed by atoms with Crippen LogP contribution in [0.2, 0.25) is 5.02 Å². The van der Waals surface area contributed by atoms with Gasteiger partial charge in [0.1, 0.15) is 12.3 Å². The lowest BCUT2D eigenvalue weighted by Gasteiger charge is -2.24. The van der Waals surface area contributed by atoms with Crippen molar-refractivity contribution in [3.05, 3.63) is 89.4 Å². The van der Waals surface area contributed by atoms with E-state index < -0.39 is 22.5 Å². The lowest BCUT2D eigenvalue weighted by Crippen LogP contribution is -2.39. The molecule has 34 heavy (non-hydrogen) atoms. The molecular formula is C25H26ClN3O4S. The first-order valence-electron chi connectivity index (χ1n) is 10.6. The van der Waals surface area contributed by atoms with Crippen molar-refractivity contribution in [2.24, 2.45) is 5.10 Å². The Hall–Kier alpha value is -3.36. The molecule has 3 aromatic carbocycles. The van der Waals surface area contributed by atoms with Crippen LogP contribution in [0.25, 0.3) is 0 Å². The number of carbonyl (C=O) groups is 1. The Morgan fingerprint density at radius 1 is 1.00 bits per heavy atom. The molecule has 0 saturated heterocycles. The van der Waals surface area contributed by atoms with Crippen LogP contribution in [-0.2, 0) is 21.2 Å². The van der Waals surface area contributed by atoms with Gasteiger partial charge < -0.3 is 4.74 Å². The number of rotatable bonds is 10. The molecule has 0 bridgehead atoms. The summed E-state index contributed by atoms with van der Waals surface area (Å²) in [4.78, 5) is 12.7. The van der Waals surface area contributed by atoms with Crippen molar-refractivity contribution in [2.75, 3.05) is 18.0 Å². The van der Waals surface area contributed by atoms with E-state index in [1.54, 1.807) is 36.4 Å². The third-order valence-electron chi connectivity index (χ3n) is 5.04. The molecule has 0 aliphatic heterocycles. The molecule has 9 heteroatoms. The van der Waals surface area contributed by atoms with E-state index in [-0.39, 0.29) is 4.90 Å². The van der Waals surface area contributed by atoms with Crippen molar-refractivity contribution in [1.29, 1.82) is 0 Å². The highest BCUT2D eigenvalue weighted by molar-refractivity contribution is 7.92. The normalized spacial score (nSPS) is 11.7. The van der Waals surface area contributed by atoms with Gasteiger partial charge in [0, 0.05) is 10.7 Å². The molecular weight excluding hydrogens is 474 g/mol. The predicted molar refractivity (Wildman–Crippen MR) is 135 cm³/mol. The minimum Gasteiger partial charge on any atom is -0.497 e. The zero-order valence-electron chi connectivity index (χ0n) is 18.9. The number of aryl methyl sites for hydroxylation is 1. The van der Waals surface area contributed by atoms with Crippen molar-refractivity contribution < 1.29 is 17.9 Å². The van der Waals surface area contributed by atoms with Gasteiger partial charge in [-0.1, -0.05) is 41.9 Å². The highest BCUT2D eigenvalue weighted by Crippen LogP contribution is 2.26. The van der Waals surface area contributed by atoms with Gasteiger partial charge in [0.25, 0.3) is 15.9 Å². The van der Waals surface area contributed by atoms with Gasteiger partial charge in [-0.2, -0.15) is 5.10 Å². The number of benzene rings is 3. The number of nitrogens with one attached hydrogen (secondary N) is 1. The van der Waals surface area contributed by atoms with Crippen molar-refractivity contribution in [2.45, 2.75) is 24.7 Å². The van der Waals surface area contributed by atoms with Gasteiger partial charge >= 0.3 is 0 Å². The third kappa shape index (κ3) is 6.82. The number of hydrazone groups is 1. The van der Waals surface area contributed by atoms with E-state index in [2.05, 4.69) is 10.5 Å². The second-order valence-corrected chi connectivity index (χ2v) is 9.83. The van der Waals surface area contributed by atoms with Gasteiger partial charge in [0.15, 0.2) is 0 Å². The smallest absolute Gasteiger partial charge is 0.264 e. The average Bonchev–Trinajstić information content (AvgIpc) is 2.86. The van der Waals surface area contributed by atoms with Crippen molar-refractivity contribution in [1.82, 2.24) is 5.43 Å². The molecule has 0 heterocycles. The largest absolute Gasteiger partial charge is 0.497 e. The summed E-state index contributed by atoms with van der Waals surface area (Å²) in [7, 11) is -2.55. The van der Waals surface area contributed by atoms with Crippen LogP contribution in [-0.4, -0.2) is 33.7 Å². The molecule has 0 fully saturated rings. The Kier molecular flexibility index (Phi) is 8.67. The molecule has 3 rings (SSSR count). The van der Waals surface area contributed by atoms with Crippen molar-refractivity contribution in [3.63, 3.8) is 0 Å². The molecule has 0 spiro atoms. The summed E-state index contributed by atoms with van der Waals surface area (Å²) in [5.41, 5.74) is 4.67. The summed E-state index contributed by atoms with van der Waals surface area (Å²) in [6.45, 7) is 1.36. The number of hydrogen-bond acceptors (Lipinski definition) is 5. The second kappa shape index (κ2) is 11.7. The standard InChI is InChI=1S/C25H26ClN3O4S/c1-19(8-9-20-6-4-3-5-7-20)27-28-25(30)18-29(22-12-10-21(26)11-13-22)34(31,32)24-16-14-23(33-2)15-17-24/h3-7,10-17H,8-9,18H2,1-2H3,(H,28,30)/b27-19-. The Morgan fingerprint density at radius 2 is 1.65 bits per heavy atom. The highest BCUT2D eigenvalue weighted by atomic mass is 35.5. The topological polar surface area (TPSA) is 88.1 Å². The fourth-order valence-electron chi connectivity index (χ4n) is 3.15. The van der Waals surface area contributed by atoms with Gasteiger partial charge in [0.05, 0.1) is 17.7 Å². The minimum absolute atomic E-state index is 0.0265. The van der Waals surface area contributed by atoms with Crippen LogP contribution in [0.15, 0.2) is 88.9 Å². The molecule has 0 atom stereocenters. The lowest BCUT2D eigenvalue weighted by molar-refractivity contribution is -0.119. The third-order valence-corrected chi connectivity index (χ3v) is 7.08. The first kappa shape index (κ1) is 25.3. The fraction of sp³-hybridized carbons (Fsp3) is 0.200. The van der Waals surface area contributed by atoms with Crippen LogP contribution in [0, 0.1) is 0 Å². The fourth-order valence-corrected chi connectivity index (χ4v) is 4.69. The number of carbonyl (C=O) groups excluding carboxylic acids is 1. The monoisotopic (exact) mass is 499 g/mol. The summed E-state index contributed by atoms with van der Waals surface area (Å²) in [5.74, 6) is -0.0406. The molecule has 0 aliphatic rings. The zero-order valence-corrected chi connectivity index (χ0v) is 20.5. The molecule has 0 unspecified atom stereocenters. The second-order valence-electron chi connectivity index (χ2n) is 7.53. The van der Waals surface area contributed by atoms with Crippen LogP contribution in [0.5, 0.6) is 5.75 Å².